The minimum atomic E-state index is -4.83. The Hall–Kier alpha value is -3.23. The van der Waals surface area contributed by atoms with E-state index in [1.165, 1.54) is 0 Å². The summed E-state index contributed by atoms with van der Waals surface area (Å²) in [7, 11) is 1.93. The van der Waals surface area contributed by atoms with Crippen LogP contribution in [-0.2, 0) is 23.1 Å². The number of fused-ring (bicyclic) bond motifs is 1. The van der Waals surface area contributed by atoms with E-state index < -0.39 is 12.1 Å². The Balaban J connectivity index is 1.22. The van der Waals surface area contributed by atoms with Gasteiger partial charge in [0.05, 0.1) is 18.2 Å². The number of pyridine rings is 1. The zero-order chi connectivity index (χ0) is 22.7. The van der Waals surface area contributed by atoms with Gasteiger partial charge in [-0.3, -0.25) is 14.6 Å². The van der Waals surface area contributed by atoms with E-state index in [2.05, 4.69) is 9.97 Å². The number of hydrogen-bond acceptors (Lipinski definition) is 4. The molecule has 0 atom stereocenters. The van der Waals surface area contributed by atoms with Crippen LogP contribution in [0.2, 0.25) is 0 Å². The normalized spacial score (nSPS) is 17.9. The molecule has 32 heavy (non-hydrogen) atoms. The predicted octanol–water partition coefficient (Wildman–Crippen LogP) is 3.55. The van der Waals surface area contributed by atoms with E-state index in [0.29, 0.717) is 18.5 Å². The second kappa shape index (κ2) is 7.15. The number of Topliss-reactive ketones (excluding diaryl/α,β-unsaturated/α-hetero) is 1. The standard InChI is InChI=1S/C23H21F3N4O2/c1-29-13-27-10-19(29)14-2-3-15-9-28-18(5-16(15)4-14)6-20(31)17-7-22(8-17)11-30(12-22)21(32)23(24,25)26/h2-5,9-10,13,17H,6-8,11-12H2,1H3. The van der Waals surface area contributed by atoms with Crippen LogP contribution < -0.4 is 0 Å². The van der Waals surface area contributed by atoms with Gasteiger partial charge < -0.3 is 9.47 Å². The van der Waals surface area contributed by atoms with Gasteiger partial charge in [0.15, 0.2) is 0 Å². The van der Waals surface area contributed by atoms with Crippen LogP contribution in [0.5, 0.6) is 0 Å². The zero-order valence-electron chi connectivity index (χ0n) is 17.4. The molecule has 1 aromatic carbocycles. The molecule has 0 bridgehead atoms. The van der Waals surface area contributed by atoms with Crippen molar-refractivity contribution in [3.05, 3.63) is 48.7 Å². The number of carbonyl (C=O) groups excluding carboxylic acids is 2. The molecular formula is C23H21F3N4O2. The average Bonchev–Trinajstić information content (AvgIpc) is 3.10. The molecule has 166 valence electrons. The molecule has 1 saturated carbocycles. The fourth-order valence-electron chi connectivity index (χ4n) is 4.96. The van der Waals surface area contributed by atoms with Crippen LogP contribution in [0.3, 0.4) is 0 Å². The smallest absolute Gasteiger partial charge is 0.334 e. The highest BCUT2D eigenvalue weighted by Gasteiger charge is 2.58. The minimum absolute atomic E-state index is 0.0471. The molecule has 5 rings (SSSR count). The first-order chi connectivity index (χ1) is 15.1. The lowest BCUT2D eigenvalue weighted by Gasteiger charge is -2.58. The summed E-state index contributed by atoms with van der Waals surface area (Å²) in [6, 6.07) is 7.94. The molecule has 0 N–H and O–H groups in total. The first kappa shape index (κ1) is 20.7. The number of imidazole rings is 1. The number of likely N-dealkylation sites (tertiary alicyclic amines) is 1. The van der Waals surface area contributed by atoms with E-state index in [-0.39, 0.29) is 36.6 Å². The third-order valence-corrected chi connectivity index (χ3v) is 6.64. The Morgan fingerprint density at radius 1 is 1.12 bits per heavy atom. The van der Waals surface area contributed by atoms with Crippen LogP contribution in [0.1, 0.15) is 18.5 Å². The van der Waals surface area contributed by atoms with Crippen molar-refractivity contribution < 1.29 is 22.8 Å². The van der Waals surface area contributed by atoms with Crippen molar-refractivity contribution >= 4 is 22.5 Å². The van der Waals surface area contributed by atoms with Crippen molar-refractivity contribution in [2.75, 3.05) is 13.1 Å². The molecule has 1 amide bonds. The second-order valence-corrected chi connectivity index (χ2v) is 9.03. The Morgan fingerprint density at radius 2 is 1.88 bits per heavy atom. The third-order valence-electron chi connectivity index (χ3n) is 6.64. The molecular weight excluding hydrogens is 421 g/mol. The third kappa shape index (κ3) is 3.55. The lowest BCUT2D eigenvalue weighted by Crippen LogP contribution is -2.66. The van der Waals surface area contributed by atoms with Crippen molar-refractivity contribution in [1.29, 1.82) is 0 Å². The van der Waals surface area contributed by atoms with Gasteiger partial charge in [0, 0.05) is 60.7 Å². The Labute approximate surface area is 182 Å². The van der Waals surface area contributed by atoms with E-state index in [0.717, 1.165) is 26.9 Å². The number of aromatic nitrogens is 3. The molecule has 1 spiro atoms. The highest BCUT2D eigenvalue weighted by molar-refractivity contribution is 5.89. The van der Waals surface area contributed by atoms with E-state index >= 15 is 0 Å². The predicted molar refractivity (Wildman–Crippen MR) is 110 cm³/mol. The summed E-state index contributed by atoms with van der Waals surface area (Å²) in [4.78, 5) is 33.4. The van der Waals surface area contributed by atoms with Gasteiger partial charge >= 0.3 is 12.1 Å². The maximum Gasteiger partial charge on any atom is 0.471 e. The van der Waals surface area contributed by atoms with Crippen molar-refractivity contribution in [1.82, 2.24) is 19.4 Å². The highest BCUT2D eigenvalue weighted by atomic mass is 19.4. The van der Waals surface area contributed by atoms with Crippen molar-refractivity contribution in [3.63, 3.8) is 0 Å². The molecule has 9 heteroatoms. The fourth-order valence-corrected chi connectivity index (χ4v) is 4.96. The van der Waals surface area contributed by atoms with Gasteiger partial charge in [0.2, 0.25) is 0 Å². The SMILES string of the molecule is Cn1cncc1-c1ccc2cnc(CC(=O)C3CC4(C3)CN(C(=O)C(F)(F)F)C4)cc2c1. The lowest BCUT2D eigenvalue weighted by molar-refractivity contribution is -0.203. The van der Waals surface area contributed by atoms with Crippen molar-refractivity contribution in [3.8, 4) is 11.3 Å². The molecule has 2 aromatic heterocycles. The first-order valence-corrected chi connectivity index (χ1v) is 10.4. The van der Waals surface area contributed by atoms with Crippen molar-refractivity contribution in [2.45, 2.75) is 25.4 Å². The minimum Gasteiger partial charge on any atom is -0.334 e. The van der Waals surface area contributed by atoms with Gasteiger partial charge in [-0.25, -0.2) is 4.98 Å². The van der Waals surface area contributed by atoms with Crippen LogP contribution >= 0.6 is 0 Å². The van der Waals surface area contributed by atoms with Crippen LogP contribution in [0.4, 0.5) is 13.2 Å². The van der Waals surface area contributed by atoms with Gasteiger partial charge in [0.25, 0.3) is 0 Å². The largest absolute Gasteiger partial charge is 0.471 e. The number of carbonyl (C=O) groups is 2. The molecule has 0 unspecified atom stereocenters. The molecule has 3 heterocycles. The van der Waals surface area contributed by atoms with Gasteiger partial charge in [-0.2, -0.15) is 13.2 Å². The maximum absolute atomic E-state index is 12.7. The molecule has 0 radical (unpaired) electrons. The van der Waals surface area contributed by atoms with E-state index in [1.54, 1.807) is 18.7 Å². The van der Waals surface area contributed by atoms with Gasteiger partial charge in [-0.15, -0.1) is 0 Å². The number of halogens is 3. The number of benzene rings is 1. The fraction of sp³-hybridized carbons (Fsp3) is 0.391. The molecule has 3 aromatic rings. The highest BCUT2D eigenvalue weighted by Crippen LogP contribution is 2.53. The molecule has 2 fully saturated rings. The van der Waals surface area contributed by atoms with Gasteiger partial charge in [0.1, 0.15) is 5.78 Å². The number of aryl methyl sites for hydroxylation is 1. The number of amides is 1. The molecule has 1 aliphatic heterocycles. The first-order valence-electron chi connectivity index (χ1n) is 10.4. The molecule has 1 aliphatic carbocycles. The summed E-state index contributed by atoms with van der Waals surface area (Å²) in [5.74, 6) is -1.92. The summed E-state index contributed by atoms with van der Waals surface area (Å²) in [5, 5.41) is 1.95. The maximum atomic E-state index is 12.7. The van der Waals surface area contributed by atoms with Crippen molar-refractivity contribution in [2.24, 2.45) is 18.4 Å². The number of alkyl halides is 3. The number of hydrogen-bond donors (Lipinski definition) is 0. The summed E-state index contributed by atoms with van der Waals surface area (Å²) in [6.07, 6.45) is 1.71. The van der Waals surface area contributed by atoms with E-state index in [4.69, 9.17) is 0 Å². The van der Waals surface area contributed by atoms with E-state index in [1.807, 2.05) is 35.9 Å². The zero-order valence-corrected chi connectivity index (χ0v) is 17.4. The monoisotopic (exact) mass is 442 g/mol. The van der Waals surface area contributed by atoms with Gasteiger partial charge in [-0.05, 0) is 30.4 Å². The van der Waals surface area contributed by atoms with Crippen LogP contribution in [0.15, 0.2) is 43.0 Å². The average molecular weight is 442 g/mol. The Kier molecular flexibility index (Phi) is 4.61. The molecule has 2 aliphatic rings. The van der Waals surface area contributed by atoms with Crippen LogP contribution in [-0.4, -0.2) is 50.4 Å². The summed E-state index contributed by atoms with van der Waals surface area (Å²) >= 11 is 0. The number of ketones is 1. The summed E-state index contributed by atoms with van der Waals surface area (Å²) in [5.41, 5.74) is 2.35. The van der Waals surface area contributed by atoms with Crippen LogP contribution in [0.25, 0.3) is 22.0 Å². The summed E-state index contributed by atoms with van der Waals surface area (Å²) in [6.45, 7) is 0.167. The van der Waals surface area contributed by atoms with Gasteiger partial charge in [-0.1, -0.05) is 12.1 Å². The molecule has 1 saturated heterocycles. The number of rotatable bonds is 4. The number of nitrogens with zero attached hydrogens (tertiary/aromatic N) is 4. The van der Waals surface area contributed by atoms with Crippen LogP contribution in [0, 0.1) is 11.3 Å². The van der Waals surface area contributed by atoms with E-state index in [9.17, 15) is 22.8 Å². The lowest BCUT2D eigenvalue weighted by atomic mass is 9.56. The summed E-state index contributed by atoms with van der Waals surface area (Å²) < 4.78 is 39.5. The second-order valence-electron chi connectivity index (χ2n) is 9.03. The Morgan fingerprint density at radius 3 is 2.53 bits per heavy atom. The quantitative estimate of drug-likeness (QED) is 0.620. The Bertz CT molecular complexity index is 1220. The molecule has 6 nitrogen and oxygen atoms in total. The topological polar surface area (TPSA) is 68.1 Å².